The van der Waals surface area contributed by atoms with Crippen LogP contribution in [-0.4, -0.2) is 48.7 Å². The van der Waals surface area contributed by atoms with Crippen molar-refractivity contribution in [2.45, 2.75) is 38.8 Å². The molecular formula is C27H32N4O3. The van der Waals surface area contributed by atoms with Gasteiger partial charge >= 0.3 is 0 Å². The van der Waals surface area contributed by atoms with E-state index in [1.807, 2.05) is 68.4 Å². The lowest BCUT2D eigenvalue weighted by Crippen LogP contribution is -2.53. The first-order valence-electron chi connectivity index (χ1n) is 11.6. The van der Waals surface area contributed by atoms with Gasteiger partial charge in [0.05, 0.1) is 12.7 Å². The van der Waals surface area contributed by atoms with E-state index in [2.05, 4.69) is 16.7 Å². The van der Waals surface area contributed by atoms with Crippen molar-refractivity contribution >= 4 is 23.6 Å². The number of rotatable bonds is 6. The van der Waals surface area contributed by atoms with Crippen LogP contribution in [0.15, 0.2) is 60.7 Å². The molecule has 1 aliphatic heterocycles. The van der Waals surface area contributed by atoms with Gasteiger partial charge in [-0.2, -0.15) is 5.26 Å². The van der Waals surface area contributed by atoms with Crippen molar-refractivity contribution < 1.29 is 14.3 Å². The normalized spacial score (nSPS) is 17.4. The highest BCUT2D eigenvalue weighted by Gasteiger charge is 2.31. The van der Waals surface area contributed by atoms with Crippen molar-refractivity contribution in [2.24, 2.45) is 5.92 Å². The Kier molecular flexibility index (Phi) is 9.24. The molecule has 2 atom stereocenters. The van der Waals surface area contributed by atoms with Crippen LogP contribution in [0.5, 0.6) is 0 Å². The first-order chi connectivity index (χ1) is 16.5. The van der Waals surface area contributed by atoms with Crippen molar-refractivity contribution in [1.29, 1.82) is 5.26 Å². The molecule has 0 radical (unpaired) electrons. The Labute approximate surface area is 201 Å². The van der Waals surface area contributed by atoms with Crippen LogP contribution in [0, 0.1) is 17.2 Å². The fraction of sp³-hybridized carbons (Fsp3) is 0.370. The maximum atomic E-state index is 13.7. The number of anilines is 1. The molecule has 2 aromatic rings. The standard InChI is InChI=1S/C27H32N4O3/c1-20(2)16-25(30-26(32)13-12-21-8-4-3-5-9-21)27(33)31-14-15-34-19-29-24-11-7-6-10-22(24)17-23(31)18-28/h3-13,20,23,25,29H,14-17,19H2,1-2H3,(H,30,32)/b13-12+/t23-,25-/m0/s1. The Balaban J connectivity index is 1.80. The predicted octanol–water partition coefficient (Wildman–Crippen LogP) is 3.59. The molecule has 0 saturated carbocycles. The van der Waals surface area contributed by atoms with E-state index in [4.69, 9.17) is 4.74 Å². The van der Waals surface area contributed by atoms with Gasteiger partial charge in [-0.1, -0.05) is 62.4 Å². The lowest BCUT2D eigenvalue weighted by molar-refractivity contribution is -0.138. The number of carbonyl (C=O) groups excluding carboxylic acids is 2. The van der Waals surface area contributed by atoms with Crippen LogP contribution in [0.3, 0.4) is 0 Å². The van der Waals surface area contributed by atoms with Crippen LogP contribution in [0.4, 0.5) is 5.69 Å². The van der Waals surface area contributed by atoms with E-state index in [-0.39, 0.29) is 30.9 Å². The highest BCUT2D eigenvalue weighted by Crippen LogP contribution is 2.21. The molecule has 7 heteroatoms. The van der Waals surface area contributed by atoms with Crippen LogP contribution >= 0.6 is 0 Å². The molecule has 7 nitrogen and oxygen atoms in total. The molecule has 34 heavy (non-hydrogen) atoms. The Morgan fingerprint density at radius 2 is 1.94 bits per heavy atom. The zero-order valence-corrected chi connectivity index (χ0v) is 19.7. The monoisotopic (exact) mass is 460 g/mol. The summed E-state index contributed by atoms with van der Waals surface area (Å²) in [6.45, 7) is 4.87. The number of hydrogen-bond donors (Lipinski definition) is 2. The molecule has 2 amide bonds. The average molecular weight is 461 g/mol. The highest BCUT2D eigenvalue weighted by atomic mass is 16.5. The van der Waals surface area contributed by atoms with E-state index < -0.39 is 12.1 Å². The third kappa shape index (κ3) is 7.19. The molecule has 0 saturated heterocycles. The van der Waals surface area contributed by atoms with Gasteiger partial charge in [0.25, 0.3) is 0 Å². The summed E-state index contributed by atoms with van der Waals surface area (Å²) >= 11 is 0. The second-order valence-electron chi connectivity index (χ2n) is 8.70. The number of nitriles is 1. The molecule has 0 spiro atoms. The van der Waals surface area contributed by atoms with E-state index in [9.17, 15) is 14.9 Å². The van der Waals surface area contributed by atoms with Crippen molar-refractivity contribution in [1.82, 2.24) is 10.2 Å². The summed E-state index contributed by atoms with van der Waals surface area (Å²) < 4.78 is 5.66. The smallest absolute Gasteiger partial charge is 0.246 e. The second-order valence-corrected chi connectivity index (χ2v) is 8.70. The van der Waals surface area contributed by atoms with Crippen LogP contribution in [0.25, 0.3) is 6.08 Å². The number of nitrogens with zero attached hydrogens (tertiary/aromatic N) is 2. The quantitative estimate of drug-likeness (QED) is 0.643. The van der Waals surface area contributed by atoms with Gasteiger partial charge in [0.1, 0.15) is 18.8 Å². The average Bonchev–Trinajstić information content (AvgIpc) is 2.84. The molecular weight excluding hydrogens is 428 g/mol. The van der Waals surface area contributed by atoms with E-state index in [1.165, 1.54) is 6.08 Å². The number of fused-ring (bicyclic) bond motifs is 1. The zero-order valence-electron chi connectivity index (χ0n) is 19.7. The van der Waals surface area contributed by atoms with Crippen molar-refractivity contribution in [3.8, 4) is 6.07 Å². The number of para-hydroxylation sites is 1. The summed E-state index contributed by atoms with van der Waals surface area (Å²) in [5.41, 5.74) is 2.72. The van der Waals surface area contributed by atoms with Crippen LogP contribution in [0.2, 0.25) is 0 Å². The molecule has 3 rings (SSSR count). The Morgan fingerprint density at radius 3 is 2.68 bits per heavy atom. The summed E-state index contributed by atoms with van der Waals surface area (Å²) in [6, 6.07) is 18.1. The fourth-order valence-electron chi connectivity index (χ4n) is 3.94. The molecule has 0 aliphatic carbocycles. The van der Waals surface area contributed by atoms with E-state index in [0.717, 1.165) is 16.8 Å². The van der Waals surface area contributed by atoms with E-state index in [1.54, 1.807) is 11.0 Å². The highest BCUT2D eigenvalue weighted by molar-refractivity contribution is 5.95. The SMILES string of the molecule is CC(C)C[C@H](NC(=O)/C=C/c1ccccc1)C(=O)N1CCOCNc2ccccc2C[C@H]1C#N. The van der Waals surface area contributed by atoms with E-state index >= 15 is 0 Å². The minimum atomic E-state index is -0.736. The number of benzene rings is 2. The summed E-state index contributed by atoms with van der Waals surface area (Å²) in [5.74, 6) is -0.436. The first kappa shape index (κ1) is 25.0. The van der Waals surface area contributed by atoms with Crippen LogP contribution in [-0.2, 0) is 20.7 Å². The third-order valence-corrected chi connectivity index (χ3v) is 5.63. The summed E-state index contributed by atoms with van der Waals surface area (Å²) in [4.78, 5) is 27.9. The number of nitrogens with one attached hydrogen (secondary N) is 2. The van der Waals surface area contributed by atoms with Crippen LogP contribution in [0.1, 0.15) is 31.4 Å². The predicted molar refractivity (Wildman–Crippen MR) is 133 cm³/mol. The maximum absolute atomic E-state index is 13.7. The van der Waals surface area contributed by atoms with Gasteiger partial charge in [0.15, 0.2) is 0 Å². The van der Waals surface area contributed by atoms with Gasteiger partial charge in [0.2, 0.25) is 11.8 Å². The van der Waals surface area contributed by atoms with Gasteiger partial charge in [-0.25, -0.2) is 0 Å². The second kappa shape index (κ2) is 12.6. The fourth-order valence-corrected chi connectivity index (χ4v) is 3.94. The molecule has 2 aromatic carbocycles. The summed E-state index contributed by atoms with van der Waals surface area (Å²) in [7, 11) is 0. The number of carbonyl (C=O) groups is 2. The zero-order chi connectivity index (χ0) is 24.3. The Hall–Kier alpha value is -3.63. The first-order valence-corrected chi connectivity index (χ1v) is 11.6. The third-order valence-electron chi connectivity index (χ3n) is 5.63. The number of amides is 2. The molecule has 0 unspecified atom stereocenters. The van der Waals surface area contributed by atoms with E-state index in [0.29, 0.717) is 19.6 Å². The van der Waals surface area contributed by atoms with Gasteiger partial charge in [-0.3, -0.25) is 9.59 Å². The lowest BCUT2D eigenvalue weighted by Gasteiger charge is -2.33. The van der Waals surface area contributed by atoms with Gasteiger partial charge in [-0.15, -0.1) is 0 Å². The molecule has 2 N–H and O–H groups in total. The van der Waals surface area contributed by atoms with Gasteiger partial charge in [-0.05, 0) is 35.6 Å². The molecule has 0 fully saturated rings. The number of ether oxygens (including phenoxy) is 1. The Morgan fingerprint density at radius 1 is 1.21 bits per heavy atom. The molecule has 0 aromatic heterocycles. The summed E-state index contributed by atoms with van der Waals surface area (Å²) in [5, 5.41) is 16.1. The van der Waals surface area contributed by atoms with Crippen molar-refractivity contribution in [3.05, 3.63) is 71.8 Å². The summed E-state index contributed by atoms with van der Waals surface area (Å²) in [6.07, 6.45) is 4.01. The van der Waals surface area contributed by atoms with Crippen molar-refractivity contribution in [3.63, 3.8) is 0 Å². The molecule has 1 heterocycles. The molecule has 1 aliphatic rings. The molecule has 0 bridgehead atoms. The van der Waals surface area contributed by atoms with Crippen LogP contribution < -0.4 is 10.6 Å². The minimum Gasteiger partial charge on any atom is -0.362 e. The van der Waals surface area contributed by atoms with Gasteiger partial charge in [0, 0.05) is 24.7 Å². The minimum absolute atomic E-state index is 0.176. The topological polar surface area (TPSA) is 94.5 Å². The molecule has 178 valence electrons. The number of hydrogen-bond acceptors (Lipinski definition) is 5. The largest absolute Gasteiger partial charge is 0.362 e. The van der Waals surface area contributed by atoms with Crippen molar-refractivity contribution in [2.75, 3.05) is 25.2 Å². The maximum Gasteiger partial charge on any atom is 0.246 e. The lowest BCUT2D eigenvalue weighted by atomic mass is 9.99. The van der Waals surface area contributed by atoms with Gasteiger partial charge < -0.3 is 20.3 Å². The Bertz CT molecular complexity index is 1030.